The minimum atomic E-state index is 0.161. The van der Waals surface area contributed by atoms with Gasteiger partial charge in [0.15, 0.2) is 0 Å². The van der Waals surface area contributed by atoms with E-state index in [2.05, 4.69) is 27.4 Å². The molecular weight excluding hydrogens is 112 g/mol. The van der Waals surface area contributed by atoms with Crippen molar-refractivity contribution < 1.29 is 4.79 Å². The molecule has 0 saturated heterocycles. The molecule has 0 unspecified atom stereocenters. The van der Waals surface area contributed by atoms with Crippen LogP contribution in [-0.2, 0) is 4.79 Å². The molecule has 0 amide bonds. The smallest absolute Gasteiger partial charge is 0.228 e. The van der Waals surface area contributed by atoms with Crippen LogP contribution in [0, 0.1) is 5.41 Å². The van der Waals surface area contributed by atoms with Crippen molar-refractivity contribution in [2.75, 3.05) is 0 Å². The monoisotopic (exact) mass is 125 g/mol. The molecule has 0 bridgehead atoms. The summed E-state index contributed by atoms with van der Waals surface area (Å²) in [5, 5.41) is 0. The Kier molecular flexibility index (Phi) is 2.63. The van der Waals surface area contributed by atoms with Crippen LogP contribution >= 0.6 is 0 Å². The summed E-state index contributed by atoms with van der Waals surface area (Å²) in [7, 11) is 0. The van der Waals surface area contributed by atoms with Crippen molar-refractivity contribution in [1.82, 2.24) is 0 Å². The Morgan fingerprint density at radius 3 is 2.11 bits per heavy atom. The lowest BCUT2D eigenvalue weighted by atomic mass is 9.89. The third-order valence-corrected chi connectivity index (χ3v) is 0.888. The number of rotatable bonds is 2. The minimum Gasteiger partial charge on any atom is -0.285 e. The van der Waals surface area contributed by atoms with E-state index < -0.39 is 0 Å². The van der Waals surface area contributed by atoms with Crippen molar-refractivity contribution in [1.29, 1.82) is 0 Å². The van der Waals surface area contributed by atoms with Crippen molar-refractivity contribution in [3.63, 3.8) is 0 Å². The first-order valence-electron chi connectivity index (χ1n) is 3.01. The van der Waals surface area contributed by atoms with Gasteiger partial charge in [-0.3, -0.25) is 4.79 Å². The van der Waals surface area contributed by atoms with E-state index >= 15 is 0 Å². The van der Waals surface area contributed by atoms with Crippen LogP contribution in [0.2, 0.25) is 0 Å². The Balaban J connectivity index is 3.74. The molecule has 0 aromatic rings. The minimum absolute atomic E-state index is 0.161. The van der Waals surface area contributed by atoms with Crippen molar-refractivity contribution in [2.24, 2.45) is 5.41 Å². The second-order valence-corrected chi connectivity index (χ2v) is 3.44. The molecule has 0 aromatic heterocycles. The van der Waals surface area contributed by atoms with E-state index in [9.17, 15) is 4.79 Å². The van der Waals surface area contributed by atoms with Crippen molar-refractivity contribution in [3.05, 3.63) is 12.2 Å². The second kappa shape index (κ2) is 2.81. The van der Waals surface area contributed by atoms with E-state index in [1.165, 1.54) is 0 Å². The van der Waals surface area contributed by atoms with Crippen molar-refractivity contribution in [2.45, 2.75) is 27.2 Å². The Hall–Kier alpha value is -0.590. The second-order valence-electron chi connectivity index (χ2n) is 3.44. The molecule has 0 aromatic carbocycles. The summed E-state index contributed by atoms with van der Waals surface area (Å²) in [5.74, 6) is 0. The summed E-state index contributed by atoms with van der Waals surface area (Å²) >= 11 is 0. The molecule has 9 heavy (non-hydrogen) atoms. The summed E-state index contributed by atoms with van der Waals surface area (Å²) in [6.45, 7) is 9.73. The molecule has 0 aliphatic rings. The Morgan fingerprint density at radius 1 is 1.56 bits per heavy atom. The van der Waals surface area contributed by atoms with Crippen LogP contribution in [0.1, 0.15) is 27.2 Å². The van der Waals surface area contributed by atoms with Crippen LogP contribution in [-0.4, -0.2) is 6.29 Å². The molecule has 1 nitrogen and oxygen atoms in total. The highest BCUT2D eigenvalue weighted by molar-refractivity contribution is 5.72. The highest BCUT2D eigenvalue weighted by Crippen LogP contribution is 2.21. The van der Waals surface area contributed by atoms with E-state index in [1.807, 2.05) is 0 Å². The van der Waals surface area contributed by atoms with Crippen LogP contribution in [0.15, 0.2) is 12.2 Å². The number of hydrogen-bond donors (Lipinski definition) is 0. The fourth-order valence-electron chi connectivity index (χ4n) is 0.676. The lowest BCUT2D eigenvalue weighted by molar-refractivity contribution is 0.413. The van der Waals surface area contributed by atoms with Crippen LogP contribution in [0.3, 0.4) is 0 Å². The van der Waals surface area contributed by atoms with Crippen LogP contribution in [0.25, 0.3) is 0 Å². The molecule has 0 fully saturated rings. The number of hydrogen-bond acceptors (Lipinski definition) is 1. The van der Waals surface area contributed by atoms with Gasteiger partial charge in [-0.2, -0.15) is 0 Å². The molecular formula is C8H13O. The molecule has 0 atom stereocenters. The van der Waals surface area contributed by atoms with E-state index in [4.69, 9.17) is 0 Å². The van der Waals surface area contributed by atoms with Gasteiger partial charge in [0.1, 0.15) is 0 Å². The largest absolute Gasteiger partial charge is 0.285 e. The molecule has 0 rings (SSSR count). The average molecular weight is 125 g/mol. The fourth-order valence-corrected chi connectivity index (χ4v) is 0.676. The summed E-state index contributed by atoms with van der Waals surface area (Å²) in [6.07, 6.45) is 2.51. The highest BCUT2D eigenvalue weighted by Gasteiger charge is 2.11. The summed E-state index contributed by atoms with van der Waals surface area (Å²) in [6, 6.07) is 0. The fraction of sp³-hybridized carbons (Fsp3) is 0.625. The zero-order chi connectivity index (χ0) is 7.49. The quantitative estimate of drug-likeness (QED) is 0.516. The topological polar surface area (TPSA) is 17.1 Å². The van der Waals surface area contributed by atoms with Gasteiger partial charge in [0.25, 0.3) is 0 Å². The molecule has 0 saturated carbocycles. The van der Waals surface area contributed by atoms with Crippen LogP contribution in [0.5, 0.6) is 0 Å². The molecule has 0 aliphatic carbocycles. The summed E-state index contributed by atoms with van der Waals surface area (Å²) < 4.78 is 0. The van der Waals surface area contributed by atoms with Crippen LogP contribution < -0.4 is 0 Å². The predicted octanol–water partition coefficient (Wildman–Crippen LogP) is 2.09. The van der Waals surface area contributed by atoms with Gasteiger partial charge in [-0.1, -0.05) is 27.4 Å². The molecule has 0 aliphatic heterocycles. The van der Waals surface area contributed by atoms with Gasteiger partial charge in [-0.25, -0.2) is 0 Å². The maximum Gasteiger partial charge on any atom is 0.228 e. The SMILES string of the molecule is C=C([C]=O)CC(C)(C)C. The normalized spacial score (nSPS) is 11.0. The average Bonchev–Trinajstić information content (AvgIpc) is 1.62. The Labute approximate surface area is 56.8 Å². The summed E-state index contributed by atoms with van der Waals surface area (Å²) in [4.78, 5) is 9.96. The predicted molar refractivity (Wildman–Crippen MR) is 38.9 cm³/mol. The maximum absolute atomic E-state index is 9.96. The van der Waals surface area contributed by atoms with Crippen molar-refractivity contribution >= 4 is 6.29 Å². The maximum atomic E-state index is 9.96. The third-order valence-electron chi connectivity index (χ3n) is 0.888. The van der Waals surface area contributed by atoms with E-state index in [-0.39, 0.29) is 5.41 Å². The van der Waals surface area contributed by atoms with Gasteiger partial charge < -0.3 is 0 Å². The standard InChI is InChI=1S/C8H13O/c1-7(6-9)5-8(2,3)4/h1,5H2,2-4H3. The molecule has 0 N–H and O–H groups in total. The van der Waals surface area contributed by atoms with Gasteiger partial charge >= 0.3 is 0 Å². The molecule has 51 valence electrons. The lowest BCUT2D eigenvalue weighted by Crippen LogP contribution is -2.05. The molecule has 1 heteroatoms. The molecule has 0 heterocycles. The molecule has 1 radical (unpaired) electrons. The summed E-state index contributed by atoms with van der Waals surface area (Å²) in [5.41, 5.74) is 0.719. The lowest BCUT2D eigenvalue weighted by Gasteiger charge is -2.16. The third kappa shape index (κ3) is 5.28. The first-order chi connectivity index (χ1) is 3.95. The first-order valence-corrected chi connectivity index (χ1v) is 3.01. The zero-order valence-electron chi connectivity index (χ0n) is 6.32. The number of carbonyl (C=O) groups excluding carboxylic acids is 1. The van der Waals surface area contributed by atoms with E-state index in [1.54, 1.807) is 6.29 Å². The Morgan fingerprint density at radius 2 is 2.00 bits per heavy atom. The van der Waals surface area contributed by atoms with Gasteiger partial charge in [0.2, 0.25) is 6.29 Å². The van der Waals surface area contributed by atoms with Crippen molar-refractivity contribution in [3.8, 4) is 0 Å². The van der Waals surface area contributed by atoms with E-state index in [0.717, 1.165) is 6.42 Å². The van der Waals surface area contributed by atoms with Gasteiger partial charge in [0.05, 0.1) is 0 Å². The Bertz CT molecular complexity index is 117. The van der Waals surface area contributed by atoms with E-state index in [0.29, 0.717) is 5.57 Å². The zero-order valence-corrected chi connectivity index (χ0v) is 6.32. The van der Waals surface area contributed by atoms with Crippen LogP contribution in [0.4, 0.5) is 0 Å². The number of allylic oxidation sites excluding steroid dienone is 1. The van der Waals surface area contributed by atoms with Gasteiger partial charge in [-0.15, -0.1) is 0 Å². The van der Waals surface area contributed by atoms with Gasteiger partial charge in [0, 0.05) is 0 Å². The molecule has 0 spiro atoms. The first kappa shape index (κ1) is 8.41. The van der Waals surface area contributed by atoms with Gasteiger partial charge in [-0.05, 0) is 17.4 Å². The highest BCUT2D eigenvalue weighted by atomic mass is 16.1.